The maximum absolute atomic E-state index is 9.30. The molecule has 3 heteroatoms. The molecule has 0 fully saturated rings. The third-order valence-corrected chi connectivity index (χ3v) is 3.63. The largest absolute Gasteiger partial charge is 0.508 e. The van der Waals surface area contributed by atoms with Crippen molar-refractivity contribution in [3.8, 4) is 11.5 Å². The Kier molecular flexibility index (Phi) is 5.23. The molecule has 0 bridgehead atoms. The summed E-state index contributed by atoms with van der Waals surface area (Å²) in [4.78, 5) is 0. The summed E-state index contributed by atoms with van der Waals surface area (Å²) < 4.78 is 5.18. The number of hydrogen-bond acceptors (Lipinski definition) is 3. The Balaban J connectivity index is 1.91. The minimum absolute atomic E-state index is 0.281. The van der Waals surface area contributed by atoms with E-state index < -0.39 is 0 Å². The van der Waals surface area contributed by atoms with E-state index in [0.717, 1.165) is 12.2 Å². The first kappa shape index (κ1) is 15.4. The molecule has 0 aliphatic rings. The fourth-order valence-electron chi connectivity index (χ4n) is 2.46. The van der Waals surface area contributed by atoms with Crippen LogP contribution < -0.4 is 10.1 Å². The highest BCUT2D eigenvalue weighted by atomic mass is 16.5. The van der Waals surface area contributed by atoms with Crippen molar-refractivity contribution in [2.24, 2.45) is 0 Å². The molecule has 112 valence electrons. The fourth-order valence-corrected chi connectivity index (χ4v) is 2.46. The van der Waals surface area contributed by atoms with E-state index in [9.17, 15) is 5.11 Å². The van der Waals surface area contributed by atoms with E-state index in [-0.39, 0.29) is 6.04 Å². The van der Waals surface area contributed by atoms with E-state index in [4.69, 9.17) is 4.74 Å². The number of hydrogen-bond donors (Lipinski definition) is 2. The van der Waals surface area contributed by atoms with Crippen molar-refractivity contribution in [2.45, 2.75) is 32.4 Å². The lowest BCUT2D eigenvalue weighted by atomic mass is 10.0. The summed E-state index contributed by atoms with van der Waals surface area (Å²) in [5, 5.41) is 12.9. The topological polar surface area (TPSA) is 41.5 Å². The second-order valence-electron chi connectivity index (χ2n) is 5.43. The van der Waals surface area contributed by atoms with Gasteiger partial charge >= 0.3 is 0 Å². The van der Waals surface area contributed by atoms with Gasteiger partial charge in [-0.3, -0.25) is 0 Å². The predicted octanol–water partition coefficient (Wildman–Crippen LogP) is 3.68. The molecule has 0 radical (unpaired) electrons. The van der Waals surface area contributed by atoms with E-state index in [1.807, 2.05) is 24.3 Å². The summed E-state index contributed by atoms with van der Waals surface area (Å²) >= 11 is 0. The van der Waals surface area contributed by atoms with Crippen molar-refractivity contribution in [1.29, 1.82) is 0 Å². The Bertz CT molecular complexity index is 548. The van der Waals surface area contributed by atoms with Crippen molar-refractivity contribution in [2.75, 3.05) is 7.11 Å². The summed E-state index contributed by atoms with van der Waals surface area (Å²) in [6.45, 7) is 4.34. The first-order valence-corrected chi connectivity index (χ1v) is 7.26. The third-order valence-electron chi connectivity index (χ3n) is 3.63. The molecule has 2 aromatic rings. The fraction of sp³-hybridized carbons (Fsp3) is 0.333. The van der Waals surface area contributed by atoms with E-state index in [2.05, 4.69) is 31.3 Å². The third kappa shape index (κ3) is 4.50. The molecule has 2 atom stereocenters. The zero-order valence-electron chi connectivity index (χ0n) is 12.8. The Morgan fingerprint density at radius 2 is 1.62 bits per heavy atom. The molecule has 0 aromatic heterocycles. The van der Waals surface area contributed by atoms with Crippen LogP contribution in [0, 0.1) is 0 Å². The number of nitrogens with one attached hydrogen (secondary N) is 1. The van der Waals surface area contributed by atoms with Crippen molar-refractivity contribution in [3.05, 3.63) is 59.7 Å². The summed E-state index contributed by atoms with van der Waals surface area (Å²) in [6, 6.07) is 16.2. The van der Waals surface area contributed by atoms with E-state index >= 15 is 0 Å². The molecule has 21 heavy (non-hydrogen) atoms. The first-order chi connectivity index (χ1) is 10.1. The average molecular weight is 285 g/mol. The van der Waals surface area contributed by atoms with Crippen LogP contribution in [-0.4, -0.2) is 18.3 Å². The Morgan fingerprint density at radius 1 is 1.00 bits per heavy atom. The van der Waals surface area contributed by atoms with Crippen molar-refractivity contribution in [3.63, 3.8) is 0 Å². The minimum Gasteiger partial charge on any atom is -0.508 e. The molecule has 0 heterocycles. The van der Waals surface area contributed by atoms with Gasteiger partial charge in [-0.2, -0.15) is 0 Å². The van der Waals surface area contributed by atoms with Gasteiger partial charge < -0.3 is 15.2 Å². The summed E-state index contributed by atoms with van der Waals surface area (Å²) in [5.41, 5.74) is 2.46. The predicted molar refractivity (Wildman–Crippen MR) is 85.8 cm³/mol. The highest BCUT2D eigenvalue weighted by Crippen LogP contribution is 2.18. The molecule has 1 unspecified atom stereocenters. The highest BCUT2D eigenvalue weighted by molar-refractivity contribution is 5.29. The maximum atomic E-state index is 9.30. The second kappa shape index (κ2) is 7.14. The van der Waals surface area contributed by atoms with Gasteiger partial charge in [0.05, 0.1) is 7.11 Å². The first-order valence-electron chi connectivity index (χ1n) is 7.26. The SMILES string of the molecule is COc1ccc([C@@H](C)NC(C)Cc2ccc(O)cc2)cc1. The Labute approximate surface area is 126 Å². The number of phenolic OH excluding ortho intramolecular Hbond substituents is 1. The lowest BCUT2D eigenvalue weighted by Crippen LogP contribution is -2.30. The molecular weight excluding hydrogens is 262 g/mol. The van der Waals surface area contributed by atoms with Gasteiger partial charge in [0.2, 0.25) is 0 Å². The molecule has 2 rings (SSSR count). The van der Waals surface area contributed by atoms with Gasteiger partial charge in [-0.25, -0.2) is 0 Å². The van der Waals surface area contributed by atoms with Gasteiger partial charge in [0.1, 0.15) is 11.5 Å². The maximum Gasteiger partial charge on any atom is 0.118 e. The van der Waals surface area contributed by atoms with Crippen LogP contribution in [0.3, 0.4) is 0 Å². The zero-order chi connectivity index (χ0) is 15.2. The number of ether oxygens (including phenoxy) is 1. The lowest BCUT2D eigenvalue weighted by Gasteiger charge is -2.20. The highest BCUT2D eigenvalue weighted by Gasteiger charge is 2.10. The number of aromatic hydroxyl groups is 1. The monoisotopic (exact) mass is 285 g/mol. The quantitative estimate of drug-likeness (QED) is 0.850. The van der Waals surface area contributed by atoms with Gasteiger partial charge in [-0.1, -0.05) is 24.3 Å². The molecule has 0 amide bonds. The van der Waals surface area contributed by atoms with Crippen LogP contribution in [-0.2, 0) is 6.42 Å². The smallest absolute Gasteiger partial charge is 0.118 e. The molecule has 2 N–H and O–H groups in total. The molecule has 0 aliphatic heterocycles. The summed E-state index contributed by atoms with van der Waals surface area (Å²) in [6.07, 6.45) is 0.931. The molecule has 0 aliphatic carbocycles. The number of methoxy groups -OCH3 is 1. The van der Waals surface area contributed by atoms with Gasteiger partial charge in [0, 0.05) is 12.1 Å². The molecule has 0 spiro atoms. The standard InChI is InChI=1S/C18H23NO2/c1-13(12-15-4-8-17(20)9-5-15)19-14(2)16-6-10-18(21-3)11-7-16/h4-11,13-14,19-20H,12H2,1-3H3/t13?,14-/m1/s1. The van der Waals surface area contributed by atoms with Crippen LogP contribution >= 0.6 is 0 Å². The second-order valence-corrected chi connectivity index (χ2v) is 5.43. The van der Waals surface area contributed by atoms with Crippen LogP contribution in [0.4, 0.5) is 0 Å². The minimum atomic E-state index is 0.281. The van der Waals surface area contributed by atoms with Crippen molar-refractivity contribution < 1.29 is 9.84 Å². The molecule has 3 nitrogen and oxygen atoms in total. The van der Waals surface area contributed by atoms with Crippen molar-refractivity contribution in [1.82, 2.24) is 5.32 Å². The zero-order valence-corrected chi connectivity index (χ0v) is 12.8. The Hall–Kier alpha value is -2.00. The van der Waals surface area contributed by atoms with E-state index in [0.29, 0.717) is 11.8 Å². The van der Waals surface area contributed by atoms with Gasteiger partial charge in [0.15, 0.2) is 0 Å². The summed E-state index contributed by atoms with van der Waals surface area (Å²) in [7, 11) is 1.68. The van der Waals surface area contributed by atoms with E-state index in [1.165, 1.54) is 11.1 Å². The molecule has 2 aromatic carbocycles. The Morgan fingerprint density at radius 3 is 2.19 bits per heavy atom. The average Bonchev–Trinajstić information content (AvgIpc) is 2.49. The lowest BCUT2D eigenvalue weighted by molar-refractivity contribution is 0.414. The number of benzene rings is 2. The van der Waals surface area contributed by atoms with Crippen LogP contribution in [0.5, 0.6) is 11.5 Å². The van der Waals surface area contributed by atoms with Crippen LogP contribution in [0.1, 0.15) is 31.0 Å². The summed E-state index contributed by atoms with van der Waals surface area (Å²) in [5.74, 6) is 1.19. The number of rotatable bonds is 6. The molecular formula is C18H23NO2. The molecule has 0 saturated carbocycles. The molecule has 0 saturated heterocycles. The van der Waals surface area contributed by atoms with Crippen LogP contribution in [0.15, 0.2) is 48.5 Å². The van der Waals surface area contributed by atoms with Gasteiger partial charge in [-0.15, -0.1) is 0 Å². The van der Waals surface area contributed by atoms with Crippen molar-refractivity contribution >= 4 is 0 Å². The van der Waals surface area contributed by atoms with Crippen LogP contribution in [0.2, 0.25) is 0 Å². The van der Waals surface area contributed by atoms with Gasteiger partial charge in [-0.05, 0) is 55.7 Å². The van der Waals surface area contributed by atoms with Gasteiger partial charge in [0.25, 0.3) is 0 Å². The van der Waals surface area contributed by atoms with E-state index in [1.54, 1.807) is 19.2 Å². The van der Waals surface area contributed by atoms with Crippen LogP contribution in [0.25, 0.3) is 0 Å². The number of phenols is 1. The normalized spacial score (nSPS) is 13.7.